The molecule has 8 heteroatoms. The maximum absolute atomic E-state index is 12.5. The van der Waals surface area contributed by atoms with Crippen molar-refractivity contribution >= 4 is 10.0 Å². The molecule has 0 aromatic carbocycles. The maximum atomic E-state index is 12.5. The van der Waals surface area contributed by atoms with Crippen LogP contribution >= 0.6 is 0 Å². The lowest BCUT2D eigenvalue weighted by atomic mass is 10.2. The molecule has 7 nitrogen and oxygen atoms in total. The number of H-pyrrole nitrogens is 1. The van der Waals surface area contributed by atoms with Crippen LogP contribution in [0.15, 0.2) is 21.7 Å². The molecule has 2 heterocycles. The third kappa shape index (κ3) is 3.52. The number of furan rings is 1. The molecule has 0 spiro atoms. The molecule has 0 saturated carbocycles. The summed E-state index contributed by atoms with van der Waals surface area (Å²) in [6.45, 7) is 4.14. The normalized spacial score (nSPS) is 12.0. The molecule has 0 aliphatic heterocycles. The summed E-state index contributed by atoms with van der Waals surface area (Å²) in [6, 6.07) is 0. The molecule has 0 unspecified atom stereocenters. The van der Waals surface area contributed by atoms with Crippen molar-refractivity contribution in [2.45, 2.75) is 31.7 Å². The first-order valence-electron chi connectivity index (χ1n) is 6.67. The molecular formula is C13H20N4O3S. The molecule has 2 aromatic heterocycles. The van der Waals surface area contributed by atoms with E-state index in [0.29, 0.717) is 30.0 Å². The molecule has 0 amide bonds. The van der Waals surface area contributed by atoms with Crippen LogP contribution < -0.4 is 10.0 Å². The Labute approximate surface area is 124 Å². The Morgan fingerprint density at radius 2 is 2.10 bits per heavy atom. The molecule has 21 heavy (non-hydrogen) atoms. The van der Waals surface area contributed by atoms with Crippen LogP contribution in [-0.2, 0) is 23.0 Å². The summed E-state index contributed by atoms with van der Waals surface area (Å²) in [5.41, 5.74) is 0.667. The summed E-state index contributed by atoms with van der Waals surface area (Å²) in [4.78, 5) is 7.22. The molecule has 3 N–H and O–H groups in total. The number of nitrogens with one attached hydrogen (secondary N) is 3. The van der Waals surface area contributed by atoms with Crippen molar-refractivity contribution in [1.29, 1.82) is 0 Å². The van der Waals surface area contributed by atoms with Crippen molar-refractivity contribution in [3.63, 3.8) is 0 Å². The average molecular weight is 312 g/mol. The van der Waals surface area contributed by atoms with Crippen LogP contribution in [0.3, 0.4) is 0 Å². The minimum atomic E-state index is -3.60. The van der Waals surface area contributed by atoms with Gasteiger partial charge in [0.15, 0.2) is 0 Å². The Morgan fingerprint density at radius 1 is 1.33 bits per heavy atom. The molecular weight excluding hydrogens is 292 g/mol. The topological polar surface area (TPSA) is 100 Å². The quantitative estimate of drug-likeness (QED) is 0.704. The molecule has 0 atom stereocenters. The highest BCUT2D eigenvalue weighted by Gasteiger charge is 2.26. The monoisotopic (exact) mass is 312 g/mol. The number of hydrogen-bond acceptors (Lipinski definition) is 5. The third-order valence-corrected chi connectivity index (χ3v) is 4.81. The van der Waals surface area contributed by atoms with Gasteiger partial charge >= 0.3 is 0 Å². The molecule has 0 aliphatic rings. The van der Waals surface area contributed by atoms with Gasteiger partial charge in [0.05, 0.1) is 0 Å². The van der Waals surface area contributed by atoms with E-state index in [1.165, 1.54) is 0 Å². The predicted molar refractivity (Wildman–Crippen MR) is 78.4 cm³/mol. The summed E-state index contributed by atoms with van der Waals surface area (Å²) in [5, 5.41) is 2.96. The van der Waals surface area contributed by atoms with E-state index >= 15 is 0 Å². The minimum Gasteiger partial charge on any atom is -0.465 e. The van der Waals surface area contributed by atoms with Gasteiger partial charge in [0.2, 0.25) is 10.0 Å². The number of nitrogens with zero attached hydrogens (tertiary/aromatic N) is 1. The number of sulfonamides is 1. The molecule has 0 radical (unpaired) electrons. The zero-order valence-corrected chi connectivity index (χ0v) is 13.2. The summed E-state index contributed by atoms with van der Waals surface area (Å²) in [6.07, 6.45) is 3.85. The fourth-order valence-corrected chi connectivity index (χ4v) is 3.73. The second kappa shape index (κ2) is 6.42. The number of aromatic amines is 1. The second-order valence-electron chi connectivity index (χ2n) is 4.74. The first-order valence-corrected chi connectivity index (χ1v) is 8.15. The molecule has 0 bridgehead atoms. The van der Waals surface area contributed by atoms with Crippen LogP contribution in [0, 0.1) is 13.8 Å². The number of aromatic nitrogens is 2. The van der Waals surface area contributed by atoms with Gasteiger partial charge in [-0.2, -0.15) is 0 Å². The summed E-state index contributed by atoms with van der Waals surface area (Å²) < 4.78 is 33.0. The zero-order chi connectivity index (χ0) is 15.5. The van der Waals surface area contributed by atoms with Crippen molar-refractivity contribution in [2.75, 3.05) is 13.6 Å². The SMILES string of the molecule is CNCc1c(C)oc(C)c1S(=O)(=O)NCCc1ncc[nH]1. The highest BCUT2D eigenvalue weighted by Crippen LogP contribution is 2.26. The van der Waals surface area contributed by atoms with Crippen molar-refractivity contribution in [2.24, 2.45) is 0 Å². The van der Waals surface area contributed by atoms with Gasteiger partial charge in [-0.15, -0.1) is 0 Å². The van der Waals surface area contributed by atoms with Crippen molar-refractivity contribution < 1.29 is 12.8 Å². The average Bonchev–Trinajstić information content (AvgIpc) is 2.99. The number of hydrogen-bond donors (Lipinski definition) is 3. The molecule has 2 aromatic rings. The largest absolute Gasteiger partial charge is 0.465 e. The van der Waals surface area contributed by atoms with Crippen LogP contribution in [0.4, 0.5) is 0 Å². The van der Waals surface area contributed by atoms with Gasteiger partial charge < -0.3 is 14.7 Å². The van der Waals surface area contributed by atoms with Gasteiger partial charge in [-0.1, -0.05) is 0 Å². The molecule has 0 aliphatic carbocycles. The lowest BCUT2D eigenvalue weighted by molar-refractivity contribution is 0.493. The van der Waals surface area contributed by atoms with Gasteiger partial charge in [-0.05, 0) is 20.9 Å². The summed E-state index contributed by atoms with van der Waals surface area (Å²) in [7, 11) is -1.84. The van der Waals surface area contributed by atoms with Crippen LogP contribution in [0.2, 0.25) is 0 Å². The van der Waals surface area contributed by atoms with Crippen molar-refractivity contribution in [3.8, 4) is 0 Å². The number of imidazole rings is 1. The fourth-order valence-electron chi connectivity index (χ4n) is 2.25. The molecule has 0 saturated heterocycles. The summed E-state index contributed by atoms with van der Waals surface area (Å²) in [5.74, 6) is 1.77. The number of aryl methyl sites for hydroxylation is 2. The fraction of sp³-hybridized carbons (Fsp3) is 0.462. The van der Waals surface area contributed by atoms with Crippen LogP contribution in [0.1, 0.15) is 22.9 Å². The Bertz CT molecular complexity index is 689. The Balaban J connectivity index is 2.15. The first kappa shape index (κ1) is 15.7. The smallest absolute Gasteiger partial charge is 0.244 e. The summed E-state index contributed by atoms with van der Waals surface area (Å²) >= 11 is 0. The van der Waals surface area contributed by atoms with Crippen LogP contribution in [0.5, 0.6) is 0 Å². The van der Waals surface area contributed by atoms with E-state index in [4.69, 9.17) is 4.42 Å². The standard InChI is InChI=1S/C13H20N4O3S/c1-9-11(8-14-3)13(10(2)20-9)21(18,19)17-5-4-12-15-6-7-16-12/h6-7,14,17H,4-5,8H2,1-3H3,(H,15,16). The second-order valence-corrected chi connectivity index (χ2v) is 6.44. The van der Waals surface area contributed by atoms with E-state index in [-0.39, 0.29) is 11.4 Å². The highest BCUT2D eigenvalue weighted by atomic mass is 32.2. The Morgan fingerprint density at radius 3 is 2.71 bits per heavy atom. The van der Waals surface area contributed by atoms with Crippen LogP contribution in [0.25, 0.3) is 0 Å². The predicted octanol–water partition coefficient (Wildman–Crippen LogP) is 0.860. The van der Waals surface area contributed by atoms with Crippen molar-refractivity contribution in [3.05, 3.63) is 35.3 Å². The zero-order valence-electron chi connectivity index (χ0n) is 12.4. The molecule has 2 rings (SSSR count). The number of rotatable bonds is 7. The molecule has 116 valence electrons. The van der Waals surface area contributed by atoms with E-state index in [9.17, 15) is 8.42 Å². The van der Waals surface area contributed by atoms with Gasteiger partial charge in [-0.3, -0.25) is 0 Å². The molecule has 0 fully saturated rings. The van der Waals surface area contributed by atoms with Gasteiger partial charge in [-0.25, -0.2) is 18.1 Å². The van der Waals surface area contributed by atoms with E-state index in [2.05, 4.69) is 20.0 Å². The Hall–Kier alpha value is -1.64. The van der Waals surface area contributed by atoms with E-state index < -0.39 is 10.0 Å². The maximum Gasteiger partial charge on any atom is 0.244 e. The van der Waals surface area contributed by atoms with Crippen LogP contribution in [-0.4, -0.2) is 32.0 Å². The highest BCUT2D eigenvalue weighted by molar-refractivity contribution is 7.89. The Kier molecular flexibility index (Phi) is 4.81. The van der Waals surface area contributed by atoms with E-state index in [1.807, 2.05) is 0 Å². The van der Waals surface area contributed by atoms with Gasteiger partial charge in [0.1, 0.15) is 22.2 Å². The third-order valence-electron chi connectivity index (χ3n) is 3.16. The first-order chi connectivity index (χ1) is 9.95. The minimum absolute atomic E-state index is 0.230. The van der Waals surface area contributed by atoms with Gasteiger partial charge in [0, 0.05) is 37.5 Å². The van der Waals surface area contributed by atoms with Gasteiger partial charge in [0.25, 0.3) is 0 Å². The van der Waals surface area contributed by atoms with E-state index in [0.717, 1.165) is 5.82 Å². The lowest BCUT2D eigenvalue weighted by Gasteiger charge is -2.08. The van der Waals surface area contributed by atoms with E-state index in [1.54, 1.807) is 33.3 Å². The van der Waals surface area contributed by atoms with Crippen molar-refractivity contribution in [1.82, 2.24) is 20.0 Å². The lowest BCUT2D eigenvalue weighted by Crippen LogP contribution is -2.27.